The first-order chi connectivity index (χ1) is 6.95. The lowest BCUT2D eigenvalue weighted by Crippen LogP contribution is -2.42. The van der Waals surface area contributed by atoms with E-state index in [1.807, 2.05) is 5.43 Å². The number of hydrazine groups is 1. The van der Waals surface area contributed by atoms with Crippen LogP contribution >= 0.6 is 0 Å². The largest absolute Gasteiger partial charge is 0.369 e. The molecule has 8 nitrogen and oxygen atoms in total. The zero-order chi connectivity index (χ0) is 11.8. The summed E-state index contributed by atoms with van der Waals surface area (Å²) in [5.41, 5.74) is 11.8. The quantitative estimate of drug-likeness (QED) is 0.200. The monoisotopic (exact) mass is 217 g/mol. The van der Waals surface area contributed by atoms with Gasteiger partial charge >= 0.3 is 0 Å². The van der Waals surface area contributed by atoms with Crippen molar-refractivity contribution < 1.29 is 14.4 Å². The molecule has 0 aromatic heterocycles. The van der Waals surface area contributed by atoms with Crippen LogP contribution in [0.1, 0.15) is 6.42 Å². The third-order valence-electron chi connectivity index (χ3n) is 1.57. The molecule has 0 spiro atoms. The summed E-state index contributed by atoms with van der Waals surface area (Å²) in [5.74, 6) is 3.28. The lowest BCUT2D eigenvalue weighted by atomic mass is 10.3. The average molecular weight is 217 g/mol. The summed E-state index contributed by atoms with van der Waals surface area (Å²) >= 11 is 0. The van der Waals surface area contributed by atoms with Gasteiger partial charge in [-0.15, -0.1) is 0 Å². The summed E-state index contributed by atoms with van der Waals surface area (Å²) in [6, 6.07) is 0. The molecule has 0 aromatic carbocycles. The Bertz CT molecular complexity index is 239. The van der Waals surface area contributed by atoms with Gasteiger partial charge in [-0.3, -0.25) is 24.7 Å². The molecule has 7 N–H and O–H groups in total. The second-order valence-corrected chi connectivity index (χ2v) is 2.96. The zero-order valence-corrected chi connectivity index (χ0v) is 8.23. The molecular weight excluding hydrogens is 202 g/mol. The van der Waals surface area contributed by atoms with Crippen LogP contribution in [-0.4, -0.2) is 42.3 Å². The third-order valence-corrected chi connectivity index (χ3v) is 1.57. The summed E-state index contributed by atoms with van der Waals surface area (Å²) in [6.45, 7) is -0.0590. The summed E-state index contributed by atoms with van der Waals surface area (Å²) < 4.78 is 0. The Kier molecular flexibility index (Phi) is 5.99. The highest BCUT2D eigenvalue weighted by Gasteiger charge is 2.12. The predicted molar refractivity (Wildman–Crippen MR) is 51.8 cm³/mol. The van der Waals surface area contributed by atoms with Gasteiger partial charge in [0.15, 0.2) is 0 Å². The lowest BCUT2D eigenvalue weighted by molar-refractivity contribution is -0.125. The van der Waals surface area contributed by atoms with Crippen molar-refractivity contribution in [1.29, 1.82) is 0 Å². The minimum Gasteiger partial charge on any atom is -0.369 e. The highest BCUT2D eigenvalue weighted by Crippen LogP contribution is 1.90. The molecule has 0 aliphatic carbocycles. The van der Waals surface area contributed by atoms with E-state index in [-0.39, 0.29) is 26.1 Å². The number of amides is 3. The highest BCUT2D eigenvalue weighted by molar-refractivity contribution is 5.79. The molecule has 0 saturated carbocycles. The molecule has 86 valence electrons. The van der Waals surface area contributed by atoms with Gasteiger partial charge in [0, 0.05) is 13.0 Å². The van der Waals surface area contributed by atoms with Crippen LogP contribution in [0.4, 0.5) is 0 Å². The molecule has 0 saturated heterocycles. The van der Waals surface area contributed by atoms with Gasteiger partial charge in [-0.2, -0.15) is 0 Å². The van der Waals surface area contributed by atoms with E-state index in [0.717, 1.165) is 0 Å². The maximum Gasteiger partial charge on any atom is 0.235 e. The van der Waals surface area contributed by atoms with Crippen molar-refractivity contribution in [3.63, 3.8) is 0 Å². The number of nitrogens with zero attached hydrogens (tertiary/aromatic N) is 1. The molecule has 0 radical (unpaired) electrons. The van der Waals surface area contributed by atoms with Gasteiger partial charge in [-0.1, -0.05) is 0 Å². The lowest BCUT2D eigenvalue weighted by Gasteiger charge is -2.17. The van der Waals surface area contributed by atoms with Crippen LogP contribution in [0.5, 0.6) is 0 Å². The van der Waals surface area contributed by atoms with Crippen LogP contribution in [-0.2, 0) is 14.4 Å². The molecular formula is C7H15N5O3. The van der Waals surface area contributed by atoms with E-state index in [0.29, 0.717) is 0 Å². The summed E-state index contributed by atoms with van der Waals surface area (Å²) in [5, 5.41) is 0. The molecule has 8 heteroatoms. The van der Waals surface area contributed by atoms with E-state index in [4.69, 9.17) is 17.3 Å². The Morgan fingerprint density at radius 3 is 1.87 bits per heavy atom. The van der Waals surface area contributed by atoms with Crippen molar-refractivity contribution in [3.8, 4) is 0 Å². The standard InChI is InChI=1S/C7H15N5O3/c8-5(13)3-12(4-6(9)14)2-1-7(15)11-10/h1-4,10H2,(H2,8,13)(H2,9,14)(H,11,15). The second-order valence-electron chi connectivity index (χ2n) is 2.96. The van der Waals surface area contributed by atoms with E-state index in [1.54, 1.807) is 0 Å². The maximum absolute atomic E-state index is 10.8. The molecule has 3 amide bonds. The van der Waals surface area contributed by atoms with Crippen molar-refractivity contribution in [2.75, 3.05) is 19.6 Å². The normalized spacial score (nSPS) is 10.0. The molecule has 0 bridgehead atoms. The predicted octanol–water partition coefficient (Wildman–Crippen LogP) is -3.36. The van der Waals surface area contributed by atoms with Gasteiger partial charge in [0.1, 0.15) is 0 Å². The molecule has 0 rings (SSSR count). The van der Waals surface area contributed by atoms with Crippen LogP contribution in [0.2, 0.25) is 0 Å². The molecule has 0 unspecified atom stereocenters. The number of hydrogen-bond acceptors (Lipinski definition) is 5. The Balaban J connectivity index is 4.06. The fourth-order valence-corrected chi connectivity index (χ4v) is 0.987. The Hall–Kier alpha value is -1.67. The molecule has 0 aliphatic heterocycles. The van der Waals surface area contributed by atoms with Crippen LogP contribution < -0.4 is 22.7 Å². The third kappa shape index (κ3) is 7.40. The van der Waals surface area contributed by atoms with Gasteiger partial charge < -0.3 is 11.5 Å². The second kappa shape index (κ2) is 6.74. The van der Waals surface area contributed by atoms with Crippen molar-refractivity contribution in [2.24, 2.45) is 17.3 Å². The summed E-state index contributed by atoms with van der Waals surface area (Å²) in [7, 11) is 0. The molecule has 0 fully saturated rings. The van der Waals surface area contributed by atoms with Crippen molar-refractivity contribution >= 4 is 17.7 Å². The van der Waals surface area contributed by atoms with Crippen molar-refractivity contribution in [2.45, 2.75) is 6.42 Å². The van der Waals surface area contributed by atoms with Crippen molar-refractivity contribution in [3.05, 3.63) is 0 Å². The van der Waals surface area contributed by atoms with Gasteiger partial charge in [0.2, 0.25) is 17.7 Å². The van der Waals surface area contributed by atoms with Gasteiger partial charge in [-0.05, 0) is 0 Å². The fourth-order valence-electron chi connectivity index (χ4n) is 0.987. The highest BCUT2D eigenvalue weighted by atomic mass is 16.2. The van der Waals surface area contributed by atoms with Crippen LogP contribution in [0.25, 0.3) is 0 Å². The Morgan fingerprint density at radius 1 is 1.07 bits per heavy atom. The van der Waals surface area contributed by atoms with E-state index in [2.05, 4.69) is 0 Å². The minimum absolute atomic E-state index is 0.0665. The maximum atomic E-state index is 10.8. The summed E-state index contributed by atoms with van der Waals surface area (Å²) in [4.78, 5) is 33.4. The first kappa shape index (κ1) is 13.3. The first-order valence-electron chi connectivity index (χ1n) is 4.24. The average Bonchev–Trinajstić information content (AvgIpc) is 2.11. The van der Waals surface area contributed by atoms with Crippen LogP contribution in [0.15, 0.2) is 0 Å². The molecule has 0 atom stereocenters. The van der Waals surface area contributed by atoms with E-state index < -0.39 is 17.7 Å². The Morgan fingerprint density at radius 2 is 1.53 bits per heavy atom. The van der Waals surface area contributed by atoms with Gasteiger partial charge in [0.05, 0.1) is 13.1 Å². The van der Waals surface area contributed by atoms with Gasteiger partial charge in [0.25, 0.3) is 0 Å². The molecule has 0 aromatic rings. The van der Waals surface area contributed by atoms with Crippen LogP contribution in [0, 0.1) is 0 Å². The summed E-state index contributed by atoms with van der Waals surface area (Å²) in [6.07, 6.45) is 0.0665. The first-order valence-corrected chi connectivity index (χ1v) is 4.24. The topological polar surface area (TPSA) is 145 Å². The number of primary amides is 2. The van der Waals surface area contributed by atoms with Gasteiger partial charge in [-0.25, -0.2) is 5.84 Å². The number of nitrogens with two attached hydrogens (primary N) is 3. The van der Waals surface area contributed by atoms with E-state index in [1.165, 1.54) is 4.90 Å². The SMILES string of the molecule is NNC(=O)CCN(CC(N)=O)CC(N)=O. The smallest absolute Gasteiger partial charge is 0.235 e. The molecule has 0 heterocycles. The zero-order valence-electron chi connectivity index (χ0n) is 8.23. The molecule has 0 aliphatic rings. The number of carbonyl (C=O) groups excluding carboxylic acids is 3. The fraction of sp³-hybridized carbons (Fsp3) is 0.571. The number of rotatable bonds is 7. The van der Waals surface area contributed by atoms with E-state index in [9.17, 15) is 14.4 Å². The Labute approximate surface area is 86.7 Å². The molecule has 15 heavy (non-hydrogen) atoms. The van der Waals surface area contributed by atoms with Crippen LogP contribution in [0.3, 0.4) is 0 Å². The van der Waals surface area contributed by atoms with Crippen molar-refractivity contribution in [1.82, 2.24) is 10.3 Å². The number of hydrogen-bond donors (Lipinski definition) is 4. The minimum atomic E-state index is -0.593. The number of nitrogens with one attached hydrogen (secondary N) is 1. The van der Waals surface area contributed by atoms with E-state index >= 15 is 0 Å². The number of carbonyl (C=O) groups is 3.